The summed E-state index contributed by atoms with van der Waals surface area (Å²) in [4.78, 5) is 14.3. The number of aliphatic hydroxyl groups excluding tert-OH is 1. The monoisotopic (exact) mass is 269 g/mol. The number of nitrogens with two attached hydrogens (primary N) is 1. The minimum atomic E-state index is -0.0282. The van der Waals surface area contributed by atoms with Gasteiger partial charge in [-0.1, -0.05) is 0 Å². The number of hydrogen-bond donors (Lipinski definition) is 2. The summed E-state index contributed by atoms with van der Waals surface area (Å²) in [6.45, 7) is 8.62. The number of nitrogens with zero attached hydrogens (tertiary/aromatic N) is 4. The van der Waals surface area contributed by atoms with Crippen LogP contribution in [-0.2, 0) is 0 Å². The Labute approximate surface area is 113 Å². The molecular weight excluding hydrogens is 246 g/mol. The van der Waals surface area contributed by atoms with Crippen molar-refractivity contribution in [1.82, 2.24) is 15.0 Å². The summed E-state index contributed by atoms with van der Waals surface area (Å²) in [5.74, 6) is 0.613. The van der Waals surface area contributed by atoms with Gasteiger partial charge in [-0.25, -0.2) is 0 Å². The molecule has 7 heteroatoms. The molecule has 1 heterocycles. The molecule has 0 saturated carbocycles. The molecule has 0 unspecified atom stereocenters. The maximum atomic E-state index is 8.94. The van der Waals surface area contributed by atoms with Crippen LogP contribution >= 0.6 is 0 Å². The summed E-state index contributed by atoms with van der Waals surface area (Å²) in [5.41, 5.74) is 5.68. The van der Waals surface area contributed by atoms with Crippen molar-refractivity contribution in [3.05, 3.63) is 0 Å². The highest BCUT2D eigenvalue weighted by atomic mass is 16.5. The molecular formula is C12H23N5O2. The summed E-state index contributed by atoms with van der Waals surface area (Å²) >= 11 is 0. The van der Waals surface area contributed by atoms with Crippen molar-refractivity contribution in [2.45, 2.75) is 46.3 Å². The van der Waals surface area contributed by atoms with Crippen LogP contribution in [0.2, 0.25) is 0 Å². The Hall–Kier alpha value is -1.63. The van der Waals surface area contributed by atoms with Crippen LogP contribution in [0.5, 0.6) is 6.01 Å². The van der Waals surface area contributed by atoms with E-state index >= 15 is 0 Å². The highest BCUT2D eigenvalue weighted by Gasteiger charge is 2.16. The van der Waals surface area contributed by atoms with Crippen molar-refractivity contribution in [2.24, 2.45) is 0 Å². The number of aliphatic hydroxyl groups is 1. The van der Waals surface area contributed by atoms with Gasteiger partial charge in [0.2, 0.25) is 11.9 Å². The quantitative estimate of drug-likeness (QED) is 0.756. The highest BCUT2D eigenvalue weighted by molar-refractivity contribution is 5.36. The van der Waals surface area contributed by atoms with Gasteiger partial charge in [-0.3, -0.25) is 0 Å². The molecule has 1 rings (SSSR count). The summed E-state index contributed by atoms with van der Waals surface area (Å²) in [6, 6.07) is 0.424. The molecule has 108 valence electrons. The molecule has 0 fully saturated rings. The van der Waals surface area contributed by atoms with Crippen LogP contribution in [-0.4, -0.2) is 45.4 Å². The number of hydrogen-bond acceptors (Lipinski definition) is 7. The van der Waals surface area contributed by atoms with Gasteiger partial charge < -0.3 is 20.5 Å². The lowest BCUT2D eigenvalue weighted by Gasteiger charge is -2.26. The van der Waals surface area contributed by atoms with E-state index in [4.69, 9.17) is 15.6 Å². The van der Waals surface area contributed by atoms with E-state index in [0.29, 0.717) is 18.9 Å². The summed E-state index contributed by atoms with van der Waals surface area (Å²) in [5, 5.41) is 8.94. The van der Waals surface area contributed by atoms with E-state index in [1.165, 1.54) is 0 Å². The van der Waals surface area contributed by atoms with Crippen LogP contribution in [0, 0.1) is 0 Å². The molecule has 1 aromatic heterocycles. The van der Waals surface area contributed by atoms with Gasteiger partial charge in [0, 0.05) is 19.2 Å². The third-order valence-corrected chi connectivity index (χ3v) is 2.40. The minimum absolute atomic E-state index is 0.0282. The van der Waals surface area contributed by atoms with E-state index in [2.05, 4.69) is 15.0 Å². The Morgan fingerprint density at radius 3 is 2.42 bits per heavy atom. The standard InChI is InChI=1S/C12H23N5O2/c1-8(2)17(6-5-7-18)11-14-10(13)15-12(16-11)19-9(3)4/h8-9,18H,5-7H2,1-4H3,(H2,13,14,15,16). The number of rotatable bonds is 7. The molecule has 3 N–H and O–H groups in total. The molecule has 0 saturated heterocycles. The zero-order valence-electron chi connectivity index (χ0n) is 12.0. The van der Waals surface area contributed by atoms with E-state index in [1.807, 2.05) is 32.6 Å². The molecule has 7 nitrogen and oxygen atoms in total. The van der Waals surface area contributed by atoms with Gasteiger partial charge in [-0.05, 0) is 34.1 Å². The predicted molar refractivity (Wildman–Crippen MR) is 74.2 cm³/mol. The zero-order valence-corrected chi connectivity index (χ0v) is 12.0. The Morgan fingerprint density at radius 2 is 1.89 bits per heavy atom. The second kappa shape index (κ2) is 7.08. The molecule has 0 radical (unpaired) electrons. The van der Waals surface area contributed by atoms with Crippen molar-refractivity contribution in [3.63, 3.8) is 0 Å². The fourth-order valence-electron chi connectivity index (χ4n) is 1.58. The van der Waals surface area contributed by atoms with E-state index in [-0.39, 0.29) is 30.7 Å². The summed E-state index contributed by atoms with van der Waals surface area (Å²) in [6.07, 6.45) is 0.615. The maximum Gasteiger partial charge on any atom is 0.323 e. The van der Waals surface area contributed by atoms with Crippen LogP contribution in [0.15, 0.2) is 0 Å². The van der Waals surface area contributed by atoms with Gasteiger partial charge >= 0.3 is 6.01 Å². The van der Waals surface area contributed by atoms with Crippen LogP contribution < -0.4 is 15.4 Å². The lowest BCUT2D eigenvalue weighted by molar-refractivity contribution is 0.222. The molecule has 0 spiro atoms. The first-order valence-electron chi connectivity index (χ1n) is 6.49. The first-order valence-corrected chi connectivity index (χ1v) is 6.49. The van der Waals surface area contributed by atoms with Crippen LogP contribution in [0.3, 0.4) is 0 Å². The zero-order chi connectivity index (χ0) is 14.4. The maximum absolute atomic E-state index is 8.94. The fraction of sp³-hybridized carbons (Fsp3) is 0.750. The number of anilines is 2. The van der Waals surface area contributed by atoms with Crippen LogP contribution in [0.25, 0.3) is 0 Å². The van der Waals surface area contributed by atoms with Crippen LogP contribution in [0.1, 0.15) is 34.1 Å². The lowest BCUT2D eigenvalue weighted by Crippen LogP contribution is -2.34. The number of aromatic nitrogens is 3. The molecule has 0 aliphatic rings. The fourth-order valence-corrected chi connectivity index (χ4v) is 1.58. The predicted octanol–water partition coefficient (Wildman–Crippen LogP) is 0.838. The first kappa shape index (κ1) is 15.4. The molecule has 0 atom stereocenters. The molecule has 0 aliphatic heterocycles. The highest BCUT2D eigenvalue weighted by Crippen LogP contribution is 2.17. The van der Waals surface area contributed by atoms with Crippen molar-refractivity contribution < 1.29 is 9.84 Å². The van der Waals surface area contributed by atoms with E-state index in [0.717, 1.165) is 0 Å². The smallest absolute Gasteiger partial charge is 0.323 e. The van der Waals surface area contributed by atoms with Gasteiger partial charge in [0.15, 0.2) is 0 Å². The molecule has 0 amide bonds. The third kappa shape index (κ3) is 4.86. The summed E-state index contributed by atoms with van der Waals surface area (Å²) in [7, 11) is 0. The van der Waals surface area contributed by atoms with Crippen molar-refractivity contribution in [1.29, 1.82) is 0 Å². The normalized spacial score (nSPS) is 11.1. The largest absolute Gasteiger partial charge is 0.461 e. The van der Waals surface area contributed by atoms with Gasteiger partial charge in [0.05, 0.1) is 6.10 Å². The first-order chi connectivity index (χ1) is 8.93. The SMILES string of the molecule is CC(C)Oc1nc(N)nc(N(CCCO)C(C)C)n1. The molecule has 0 aromatic carbocycles. The lowest BCUT2D eigenvalue weighted by atomic mass is 10.3. The van der Waals surface area contributed by atoms with Gasteiger partial charge in [-0.2, -0.15) is 15.0 Å². The average molecular weight is 269 g/mol. The van der Waals surface area contributed by atoms with Crippen LogP contribution in [0.4, 0.5) is 11.9 Å². The molecule has 19 heavy (non-hydrogen) atoms. The molecule has 0 aliphatic carbocycles. The van der Waals surface area contributed by atoms with Gasteiger partial charge in [-0.15, -0.1) is 0 Å². The van der Waals surface area contributed by atoms with E-state index < -0.39 is 0 Å². The van der Waals surface area contributed by atoms with Crippen molar-refractivity contribution in [3.8, 4) is 6.01 Å². The Bertz CT molecular complexity index is 398. The minimum Gasteiger partial charge on any atom is -0.461 e. The average Bonchev–Trinajstić information content (AvgIpc) is 2.27. The van der Waals surface area contributed by atoms with Crippen molar-refractivity contribution in [2.75, 3.05) is 23.8 Å². The van der Waals surface area contributed by atoms with Crippen molar-refractivity contribution >= 4 is 11.9 Å². The van der Waals surface area contributed by atoms with E-state index in [9.17, 15) is 0 Å². The molecule has 0 bridgehead atoms. The number of ether oxygens (including phenoxy) is 1. The second-order valence-electron chi connectivity index (χ2n) is 4.81. The Morgan fingerprint density at radius 1 is 1.21 bits per heavy atom. The molecule has 1 aromatic rings. The summed E-state index contributed by atoms with van der Waals surface area (Å²) < 4.78 is 5.45. The van der Waals surface area contributed by atoms with Gasteiger partial charge in [0.25, 0.3) is 0 Å². The Kier molecular flexibility index (Phi) is 5.75. The third-order valence-electron chi connectivity index (χ3n) is 2.40. The number of nitrogen functional groups attached to an aromatic ring is 1. The Balaban J connectivity index is 2.98. The van der Waals surface area contributed by atoms with E-state index in [1.54, 1.807) is 0 Å². The second-order valence-corrected chi connectivity index (χ2v) is 4.81. The van der Waals surface area contributed by atoms with Gasteiger partial charge in [0.1, 0.15) is 0 Å². The topological polar surface area (TPSA) is 97.4 Å².